The number of nitrogens with zero attached hydrogens (tertiary/aromatic N) is 3. The topological polar surface area (TPSA) is 68.5 Å². The highest BCUT2D eigenvalue weighted by molar-refractivity contribution is 5.91. The molecule has 3 rings (SSSR count). The van der Waals surface area contributed by atoms with Crippen LogP contribution in [-0.2, 0) is 11.2 Å². The fourth-order valence-corrected chi connectivity index (χ4v) is 2.64. The average molecular weight is 398 g/mol. The largest absolute Gasteiger partial charge is 0.461 e. The summed E-state index contributed by atoms with van der Waals surface area (Å²) >= 11 is 0. The second kappa shape index (κ2) is 9.59. The minimum Gasteiger partial charge on any atom is -0.461 e. The number of halogens is 2. The van der Waals surface area contributed by atoms with E-state index in [1.54, 1.807) is 55.5 Å². The average Bonchev–Trinajstić information content (AvgIpc) is 3.16. The molecule has 29 heavy (non-hydrogen) atoms. The standard InChI is InChI=1S/C21H20F2N4O2/c1-2-29-21(28)19-14-17(27(26-19)16-11-7-4-8-12-16)13-18(20(22)23)25-24-15-9-5-3-6-10-15/h3-12,14,20,24H,2,13H2,1H3. The van der Waals surface area contributed by atoms with Crippen molar-refractivity contribution in [1.29, 1.82) is 0 Å². The summed E-state index contributed by atoms with van der Waals surface area (Å²) in [5.74, 6) is -0.610. The van der Waals surface area contributed by atoms with Gasteiger partial charge in [0.1, 0.15) is 5.71 Å². The van der Waals surface area contributed by atoms with Crippen molar-refractivity contribution in [1.82, 2.24) is 9.78 Å². The Morgan fingerprint density at radius 2 is 1.79 bits per heavy atom. The van der Waals surface area contributed by atoms with Crippen LogP contribution in [0.5, 0.6) is 0 Å². The predicted molar refractivity (Wildman–Crippen MR) is 107 cm³/mol. The lowest BCUT2D eigenvalue weighted by Gasteiger charge is -2.10. The molecule has 0 amide bonds. The Morgan fingerprint density at radius 3 is 2.41 bits per heavy atom. The number of hydrogen-bond donors (Lipinski definition) is 1. The zero-order chi connectivity index (χ0) is 20.6. The first-order valence-electron chi connectivity index (χ1n) is 9.05. The molecule has 1 N–H and O–H groups in total. The predicted octanol–water partition coefficient (Wildman–Crippen LogP) is 4.32. The molecule has 0 fully saturated rings. The third kappa shape index (κ3) is 5.25. The minimum atomic E-state index is -2.78. The smallest absolute Gasteiger partial charge is 0.358 e. The highest BCUT2D eigenvalue weighted by Gasteiger charge is 2.21. The summed E-state index contributed by atoms with van der Waals surface area (Å²) in [6.45, 7) is 1.88. The molecule has 0 unspecified atom stereocenters. The molecule has 0 aliphatic carbocycles. The summed E-state index contributed by atoms with van der Waals surface area (Å²) < 4.78 is 33.7. The van der Waals surface area contributed by atoms with Gasteiger partial charge in [0.25, 0.3) is 6.43 Å². The van der Waals surface area contributed by atoms with E-state index in [0.29, 0.717) is 17.1 Å². The second-order valence-electron chi connectivity index (χ2n) is 6.05. The lowest BCUT2D eigenvalue weighted by molar-refractivity contribution is 0.0519. The molecule has 3 aromatic rings. The van der Waals surface area contributed by atoms with E-state index >= 15 is 0 Å². The Labute approximate surface area is 166 Å². The normalized spacial score (nSPS) is 11.5. The molecular weight excluding hydrogens is 378 g/mol. The van der Waals surface area contributed by atoms with E-state index in [4.69, 9.17) is 4.74 Å². The number of benzene rings is 2. The van der Waals surface area contributed by atoms with Crippen molar-refractivity contribution >= 4 is 17.4 Å². The van der Waals surface area contributed by atoms with Gasteiger partial charge in [-0.2, -0.15) is 10.2 Å². The van der Waals surface area contributed by atoms with Gasteiger partial charge in [-0.3, -0.25) is 5.43 Å². The van der Waals surface area contributed by atoms with Gasteiger partial charge in [0.05, 0.1) is 23.7 Å². The molecular formula is C21H20F2N4O2. The van der Waals surface area contributed by atoms with Crippen molar-refractivity contribution < 1.29 is 18.3 Å². The van der Waals surface area contributed by atoms with E-state index in [9.17, 15) is 13.6 Å². The molecule has 150 valence electrons. The number of nitrogens with one attached hydrogen (secondary N) is 1. The number of ether oxygens (including phenoxy) is 1. The van der Waals surface area contributed by atoms with Gasteiger partial charge >= 0.3 is 5.97 Å². The fraction of sp³-hybridized carbons (Fsp3) is 0.190. The van der Waals surface area contributed by atoms with Crippen molar-refractivity contribution in [2.24, 2.45) is 5.10 Å². The van der Waals surface area contributed by atoms with Crippen LogP contribution in [-0.4, -0.2) is 34.5 Å². The molecule has 8 heteroatoms. The molecule has 0 atom stereocenters. The second-order valence-corrected chi connectivity index (χ2v) is 6.05. The molecule has 1 aromatic heterocycles. The molecule has 0 radical (unpaired) electrons. The molecule has 0 bridgehead atoms. The number of aromatic nitrogens is 2. The third-order valence-corrected chi connectivity index (χ3v) is 3.98. The first kappa shape index (κ1) is 20.2. The maximum atomic E-state index is 13.6. The fourth-order valence-electron chi connectivity index (χ4n) is 2.64. The highest BCUT2D eigenvalue weighted by atomic mass is 19.3. The maximum absolute atomic E-state index is 13.6. The monoisotopic (exact) mass is 398 g/mol. The van der Waals surface area contributed by atoms with Gasteiger partial charge in [0, 0.05) is 6.42 Å². The van der Waals surface area contributed by atoms with Crippen molar-refractivity contribution in [3.63, 3.8) is 0 Å². The van der Waals surface area contributed by atoms with E-state index in [1.807, 2.05) is 12.1 Å². The van der Waals surface area contributed by atoms with Gasteiger partial charge in [0.15, 0.2) is 5.69 Å². The lowest BCUT2D eigenvalue weighted by Crippen LogP contribution is -2.18. The van der Waals surface area contributed by atoms with Crippen molar-refractivity contribution in [3.05, 3.63) is 78.1 Å². The molecule has 1 heterocycles. The number of esters is 1. The van der Waals surface area contributed by atoms with Crippen LogP contribution in [0, 0.1) is 0 Å². The molecule has 0 aliphatic heterocycles. The van der Waals surface area contributed by atoms with E-state index in [-0.39, 0.29) is 24.4 Å². The van der Waals surface area contributed by atoms with Gasteiger partial charge < -0.3 is 4.74 Å². The number of alkyl halides is 2. The molecule has 0 aliphatic rings. The minimum absolute atomic E-state index is 0.0512. The zero-order valence-electron chi connectivity index (χ0n) is 15.8. The Hall–Kier alpha value is -3.55. The number of hydrogen-bond acceptors (Lipinski definition) is 5. The van der Waals surface area contributed by atoms with Crippen molar-refractivity contribution in [2.45, 2.75) is 19.8 Å². The SMILES string of the molecule is CCOC(=O)c1cc(CC(=NNc2ccccc2)C(F)F)n(-c2ccccc2)n1. The van der Waals surface area contributed by atoms with Gasteiger partial charge in [-0.25, -0.2) is 18.3 Å². The number of anilines is 1. The molecule has 6 nitrogen and oxygen atoms in total. The lowest BCUT2D eigenvalue weighted by atomic mass is 10.2. The first-order chi connectivity index (χ1) is 14.1. The molecule has 0 spiro atoms. The molecule has 0 saturated heterocycles. The molecule has 2 aromatic carbocycles. The van der Waals surface area contributed by atoms with Gasteiger partial charge in [-0.05, 0) is 37.3 Å². The van der Waals surface area contributed by atoms with Gasteiger partial charge in [-0.15, -0.1) is 0 Å². The van der Waals surface area contributed by atoms with Crippen LogP contribution in [0.15, 0.2) is 71.8 Å². The van der Waals surface area contributed by atoms with E-state index in [1.165, 1.54) is 10.7 Å². The number of hydrazone groups is 1. The summed E-state index contributed by atoms with van der Waals surface area (Å²) in [5.41, 5.74) is 3.95. The van der Waals surface area contributed by atoms with E-state index in [2.05, 4.69) is 15.6 Å². The number of carbonyl (C=O) groups is 1. The summed E-state index contributed by atoms with van der Waals surface area (Å²) in [5, 5.41) is 8.12. The Bertz CT molecular complexity index is 973. The quantitative estimate of drug-likeness (QED) is 0.349. The van der Waals surface area contributed by atoms with Crippen LogP contribution in [0.3, 0.4) is 0 Å². The Kier molecular flexibility index (Phi) is 6.67. The summed E-state index contributed by atoms with van der Waals surface area (Å²) in [7, 11) is 0. The van der Waals surface area contributed by atoms with Crippen LogP contribution >= 0.6 is 0 Å². The summed E-state index contributed by atoms with van der Waals surface area (Å²) in [6.07, 6.45) is -2.98. The highest BCUT2D eigenvalue weighted by Crippen LogP contribution is 2.17. The number of para-hydroxylation sites is 2. The Morgan fingerprint density at radius 1 is 1.14 bits per heavy atom. The van der Waals surface area contributed by atoms with Crippen LogP contribution in [0.4, 0.5) is 14.5 Å². The van der Waals surface area contributed by atoms with E-state index < -0.39 is 12.4 Å². The number of rotatable bonds is 8. The third-order valence-electron chi connectivity index (χ3n) is 3.98. The zero-order valence-corrected chi connectivity index (χ0v) is 15.8. The van der Waals surface area contributed by atoms with Crippen LogP contribution in [0.25, 0.3) is 5.69 Å². The number of carbonyl (C=O) groups excluding carboxylic acids is 1. The summed E-state index contributed by atoms with van der Waals surface area (Å²) in [4.78, 5) is 12.1. The Balaban J connectivity index is 1.93. The van der Waals surface area contributed by atoms with Crippen LogP contribution < -0.4 is 5.43 Å². The van der Waals surface area contributed by atoms with Crippen molar-refractivity contribution in [3.8, 4) is 5.69 Å². The first-order valence-corrected chi connectivity index (χ1v) is 9.05. The van der Waals surface area contributed by atoms with Crippen LogP contribution in [0.2, 0.25) is 0 Å². The van der Waals surface area contributed by atoms with E-state index in [0.717, 1.165) is 0 Å². The maximum Gasteiger partial charge on any atom is 0.358 e. The van der Waals surface area contributed by atoms with Gasteiger partial charge in [0.2, 0.25) is 0 Å². The van der Waals surface area contributed by atoms with Gasteiger partial charge in [-0.1, -0.05) is 36.4 Å². The molecule has 0 saturated carbocycles. The van der Waals surface area contributed by atoms with Crippen molar-refractivity contribution in [2.75, 3.05) is 12.0 Å². The van der Waals surface area contributed by atoms with Crippen LogP contribution in [0.1, 0.15) is 23.1 Å². The summed E-state index contributed by atoms with van der Waals surface area (Å²) in [6, 6.07) is 19.2.